The number of ether oxygens (including phenoxy) is 1. The number of amides is 1. The number of nitrogens with one attached hydrogen (secondary N) is 1. The summed E-state index contributed by atoms with van der Waals surface area (Å²) in [7, 11) is 0. The van der Waals surface area contributed by atoms with Crippen LogP contribution in [0.5, 0.6) is 0 Å². The quantitative estimate of drug-likeness (QED) is 0.205. The normalized spacial score (nSPS) is 13.5. The highest BCUT2D eigenvalue weighted by Gasteiger charge is 2.29. The topological polar surface area (TPSA) is 60.3 Å². The molecule has 1 N–H and O–H groups in total. The maximum Gasteiger partial charge on any atom is 0.341 e. The Morgan fingerprint density at radius 1 is 1.17 bits per heavy atom. The van der Waals surface area contributed by atoms with Crippen LogP contribution in [-0.2, 0) is 28.9 Å². The Hall–Kier alpha value is -3.03. The van der Waals surface area contributed by atoms with E-state index in [2.05, 4.69) is 59.4 Å². The van der Waals surface area contributed by atoms with Crippen LogP contribution in [-0.4, -0.2) is 28.3 Å². The second-order valence-corrected chi connectivity index (χ2v) is 11.6. The van der Waals surface area contributed by atoms with E-state index in [4.69, 9.17) is 4.74 Å². The van der Waals surface area contributed by atoms with Gasteiger partial charge in [0.25, 0.3) is 0 Å². The first-order valence-electron chi connectivity index (χ1n) is 12.4. The third kappa shape index (κ3) is 4.95. The number of hydrogen-bond donors (Lipinski definition) is 1. The minimum Gasteiger partial charge on any atom is -0.462 e. The molecular weight excluding hydrogens is 488 g/mol. The van der Waals surface area contributed by atoms with E-state index in [1.807, 2.05) is 19.1 Å². The summed E-state index contributed by atoms with van der Waals surface area (Å²) in [4.78, 5) is 28.2. The molecule has 5 rings (SSSR count). The molecule has 2 aromatic heterocycles. The van der Waals surface area contributed by atoms with Gasteiger partial charge in [-0.1, -0.05) is 48.0 Å². The van der Waals surface area contributed by atoms with Crippen molar-refractivity contribution >= 4 is 50.9 Å². The highest BCUT2D eigenvalue weighted by Crippen LogP contribution is 2.40. The van der Waals surface area contributed by atoms with Gasteiger partial charge in [0.2, 0.25) is 5.91 Å². The fraction of sp³-hybridized carbons (Fsp3) is 0.310. The maximum absolute atomic E-state index is 13.3. The third-order valence-corrected chi connectivity index (χ3v) is 8.85. The Balaban J connectivity index is 1.36. The van der Waals surface area contributed by atoms with Gasteiger partial charge in [-0.2, -0.15) is 0 Å². The number of carbonyl (C=O) groups is 2. The lowest BCUT2D eigenvalue weighted by Gasteiger charge is -2.12. The van der Waals surface area contributed by atoms with Crippen LogP contribution in [0.15, 0.2) is 59.6 Å². The van der Waals surface area contributed by atoms with E-state index in [9.17, 15) is 9.59 Å². The van der Waals surface area contributed by atoms with Crippen LogP contribution in [0.2, 0.25) is 0 Å². The van der Waals surface area contributed by atoms with Gasteiger partial charge in [0.05, 0.1) is 17.4 Å². The van der Waals surface area contributed by atoms with Crippen molar-refractivity contribution in [3.63, 3.8) is 0 Å². The summed E-state index contributed by atoms with van der Waals surface area (Å²) in [5.74, 6) is -0.451. The molecule has 1 amide bonds. The Morgan fingerprint density at radius 3 is 2.81 bits per heavy atom. The number of rotatable bonds is 8. The summed E-state index contributed by atoms with van der Waals surface area (Å²) in [5, 5.41) is 4.47. The Kier molecular flexibility index (Phi) is 7.21. The molecule has 4 aromatic rings. The highest BCUT2D eigenvalue weighted by molar-refractivity contribution is 8.00. The number of nitrogens with zero attached hydrogens (tertiary/aromatic N) is 1. The lowest BCUT2D eigenvalue weighted by molar-refractivity contribution is -0.115. The van der Waals surface area contributed by atoms with E-state index in [1.54, 1.807) is 18.7 Å². The largest absolute Gasteiger partial charge is 0.462 e. The van der Waals surface area contributed by atoms with E-state index in [-0.39, 0.29) is 17.1 Å². The van der Waals surface area contributed by atoms with Crippen molar-refractivity contribution in [1.82, 2.24) is 4.57 Å². The van der Waals surface area contributed by atoms with Gasteiger partial charge in [-0.05, 0) is 57.2 Å². The minimum absolute atomic E-state index is 0.110. The first-order valence-corrected chi connectivity index (χ1v) is 14.1. The third-order valence-electron chi connectivity index (χ3n) is 6.50. The highest BCUT2D eigenvalue weighted by atomic mass is 32.2. The summed E-state index contributed by atoms with van der Waals surface area (Å²) in [6.45, 7) is 6.91. The lowest BCUT2D eigenvalue weighted by atomic mass is 10.1. The second kappa shape index (κ2) is 10.5. The van der Waals surface area contributed by atoms with Crippen LogP contribution >= 0.6 is 23.1 Å². The van der Waals surface area contributed by atoms with Crippen molar-refractivity contribution in [2.24, 2.45) is 0 Å². The molecule has 36 heavy (non-hydrogen) atoms. The van der Waals surface area contributed by atoms with Crippen molar-refractivity contribution in [1.29, 1.82) is 0 Å². The van der Waals surface area contributed by atoms with Crippen LogP contribution in [0.25, 0.3) is 10.9 Å². The van der Waals surface area contributed by atoms with E-state index in [1.165, 1.54) is 27.3 Å². The number of anilines is 1. The first-order chi connectivity index (χ1) is 17.4. The predicted octanol–water partition coefficient (Wildman–Crippen LogP) is 6.84. The number of aromatic nitrogens is 1. The molecule has 0 saturated carbocycles. The molecule has 186 valence electrons. The number of thiophene rings is 1. The Morgan fingerprint density at radius 2 is 2.00 bits per heavy atom. The lowest BCUT2D eigenvalue weighted by Crippen LogP contribution is -2.23. The average molecular weight is 519 g/mol. The number of thioether (sulfide) groups is 1. The molecule has 7 heteroatoms. The van der Waals surface area contributed by atoms with E-state index >= 15 is 0 Å². The summed E-state index contributed by atoms with van der Waals surface area (Å²) < 4.78 is 7.56. The number of benzene rings is 2. The molecule has 1 aliphatic rings. The van der Waals surface area contributed by atoms with Crippen molar-refractivity contribution in [3.05, 3.63) is 81.9 Å². The van der Waals surface area contributed by atoms with E-state index < -0.39 is 0 Å². The van der Waals surface area contributed by atoms with Gasteiger partial charge in [-0.3, -0.25) is 4.79 Å². The molecule has 0 spiro atoms. The van der Waals surface area contributed by atoms with Crippen molar-refractivity contribution in [2.45, 2.75) is 56.7 Å². The Labute approximate surface area is 219 Å². The molecule has 0 fully saturated rings. The zero-order chi connectivity index (χ0) is 25.2. The van der Waals surface area contributed by atoms with E-state index in [0.717, 1.165) is 47.2 Å². The summed E-state index contributed by atoms with van der Waals surface area (Å²) in [6.07, 6.45) is 5.00. The molecule has 0 bridgehead atoms. The Bertz CT molecular complexity index is 1440. The van der Waals surface area contributed by atoms with Crippen LogP contribution in [0.1, 0.15) is 52.2 Å². The minimum atomic E-state index is -0.341. The number of aryl methyl sites for hydroxylation is 2. The zero-order valence-corrected chi connectivity index (χ0v) is 22.4. The van der Waals surface area contributed by atoms with E-state index in [0.29, 0.717) is 17.2 Å². The molecule has 2 aromatic carbocycles. The van der Waals surface area contributed by atoms with Gasteiger partial charge in [0.1, 0.15) is 5.00 Å². The smallest absolute Gasteiger partial charge is 0.341 e. The van der Waals surface area contributed by atoms with Gasteiger partial charge in [0, 0.05) is 33.4 Å². The van der Waals surface area contributed by atoms with Gasteiger partial charge in [-0.15, -0.1) is 23.1 Å². The van der Waals surface area contributed by atoms with Crippen LogP contribution < -0.4 is 5.32 Å². The molecule has 0 radical (unpaired) electrons. The standard InChI is InChI=1S/C29H30N2O3S2/c1-4-34-29(33)26-22-12-8-14-24(22)36-28(26)30-27(32)19(3)35-25-17-31(23-13-6-5-11-21(23)25)16-20-10-7-9-18(2)15-20/h5-7,9-11,13,15,17,19H,4,8,12,14,16H2,1-3H3,(H,30,32)/t19-/m1/s1. The fourth-order valence-electron chi connectivity index (χ4n) is 4.81. The second-order valence-electron chi connectivity index (χ2n) is 9.16. The average Bonchev–Trinajstić information content (AvgIpc) is 3.53. The molecule has 0 unspecified atom stereocenters. The maximum atomic E-state index is 13.3. The molecule has 1 aliphatic carbocycles. The molecule has 0 aliphatic heterocycles. The fourth-order valence-corrected chi connectivity index (χ4v) is 7.13. The van der Waals surface area contributed by atoms with Crippen molar-refractivity contribution in [2.75, 3.05) is 11.9 Å². The van der Waals surface area contributed by atoms with Crippen LogP contribution in [0.3, 0.4) is 0 Å². The number of hydrogen-bond acceptors (Lipinski definition) is 5. The van der Waals surface area contributed by atoms with Gasteiger partial charge in [0.15, 0.2) is 0 Å². The summed E-state index contributed by atoms with van der Waals surface area (Å²) in [6, 6.07) is 16.9. The first kappa shape index (κ1) is 24.7. The molecule has 2 heterocycles. The summed E-state index contributed by atoms with van der Waals surface area (Å²) in [5.41, 5.74) is 5.23. The number of carbonyl (C=O) groups excluding carboxylic acids is 2. The van der Waals surface area contributed by atoms with Crippen molar-refractivity contribution in [3.8, 4) is 0 Å². The monoisotopic (exact) mass is 518 g/mol. The van der Waals surface area contributed by atoms with Gasteiger partial charge >= 0.3 is 5.97 Å². The molecule has 0 saturated heterocycles. The van der Waals surface area contributed by atoms with Gasteiger partial charge < -0.3 is 14.6 Å². The van der Waals surface area contributed by atoms with Crippen LogP contribution in [0.4, 0.5) is 5.00 Å². The molecule has 1 atom stereocenters. The zero-order valence-electron chi connectivity index (χ0n) is 20.8. The van der Waals surface area contributed by atoms with Crippen molar-refractivity contribution < 1.29 is 14.3 Å². The number of para-hydroxylation sites is 1. The predicted molar refractivity (Wildman–Crippen MR) is 148 cm³/mol. The summed E-state index contributed by atoms with van der Waals surface area (Å²) >= 11 is 3.06. The molecular formula is C29H30N2O3S2. The number of fused-ring (bicyclic) bond motifs is 2. The van der Waals surface area contributed by atoms with Gasteiger partial charge in [-0.25, -0.2) is 4.79 Å². The SMILES string of the molecule is CCOC(=O)c1c(NC(=O)[C@@H](C)Sc2cn(Cc3cccc(C)c3)c3ccccc23)sc2c1CCC2. The molecule has 5 nitrogen and oxygen atoms in total. The number of esters is 1. The van der Waals surface area contributed by atoms with Crippen LogP contribution in [0, 0.1) is 6.92 Å².